The molecule has 78 valence electrons. The maximum Gasteiger partial charge on any atom is 0.0955 e. The van der Waals surface area contributed by atoms with Crippen LogP contribution in [0, 0.1) is 11.3 Å². The number of hydrogen-bond acceptors (Lipinski definition) is 2. The maximum absolute atomic E-state index is 7.74. The van der Waals surface area contributed by atoms with Gasteiger partial charge in [-0.2, -0.15) is 0 Å². The summed E-state index contributed by atoms with van der Waals surface area (Å²) in [4.78, 5) is 2.09. The Kier molecular flexibility index (Phi) is 6.59. The molecule has 1 N–H and O–H groups in total. The van der Waals surface area contributed by atoms with Crippen LogP contribution in [0.3, 0.4) is 0 Å². The third-order valence-electron chi connectivity index (χ3n) is 1.87. The Morgan fingerprint density at radius 3 is 2.46 bits per heavy atom. The van der Waals surface area contributed by atoms with E-state index in [4.69, 9.17) is 10.1 Å². The molecule has 0 aliphatic rings. The van der Waals surface area contributed by atoms with Crippen LogP contribution < -0.4 is 0 Å². The largest absolute Gasteiger partial charge is 0.383 e. The number of nitrogens with zero attached hydrogens (tertiary/aromatic N) is 1. The number of amidine groups is 1. The zero-order valence-electron chi connectivity index (χ0n) is 9.26. The number of methoxy groups -OCH3 is 1. The van der Waals surface area contributed by atoms with Crippen LogP contribution in [-0.2, 0) is 4.74 Å². The van der Waals surface area contributed by atoms with Gasteiger partial charge in [-0.3, -0.25) is 5.41 Å². The average Bonchev–Trinajstić information content (AvgIpc) is 2.10. The molecule has 0 aromatic heterocycles. The van der Waals surface area contributed by atoms with Crippen molar-refractivity contribution in [3.8, 4) is 0 Å². The van der Waals surface area contributed by atoms with Gasteiger partial charge in [0.15, 0.2) is 0 Å². The van der Waals surface area contributed by atoms with E-state index in [1.165, 1.54) is 0 Å². The molecule has 0 bridgehead atoms. The highest BCUT2D eigenvalue weighted by molar-refractivity contribution is 5.78. The zero-order chi connectivity index (χ0) is 10.3. The fraction of sp³-hybridized carbons (Fsp3) is 0.900. The first-order valence-electron chi connectivity index (χ1n) is 4.93. The average molecular weight is 186 g/mol. The van der Waals surface area contributed by atoms with Crippen LogP contribution in [0.2, 0.25) is 0 Å². The minimum absolute atomic E-state index is 0.601. The summed E-state index contributed by atoms with van der Waals surface area (Å²) in [5.74, 6) is 1.31. The second kappa shape index (κ2) is 6.89. The van der Waals surface area contributed by atoms with Gasteiger partial charge in [-0.25, -0.2) is 0 Å². The molecule has 0 heterocycles. The van der Waals surface area contributed by atoms with Crippen molar-refractivity contribution >= 4 is 5.84 Å². The van der Waals surface area contributed by atoms with Gasteiger partial charge < -0.3 is 9.64 Å². The van der Waals surface area contributed by atoms with Crippen LogP contribution in [0.4, 0.5) is 0 Å². The van der Waals surface area contributed by atoms with Crippen molar-refractivity contribution in [3.63, 3.8) is 0 Å². The van der Waals surface area contributed by atoms with E-state index in [2.05, 4.69) is 18.7 Å². The van der Waals surface area contributed by atoms with Gasteiger partial charge in [-0.15, -0.1) is 0 Å². The molecule has 3 heteroatoms. The smallest absolute Gasteiger partial charge is 0.0955 e. The van der Waals surface area contributed by atoms with Gasteiger partial charge in [0, 0.05) is 26.6 Å². The topological polar surface area (TPSA) is 36.3 Å². The zero-order valence-corrected chi connectivity index (χ0v) is 9.26. The molecule has 0 aromatic rings. The summed E-state index contributed by atoms with van der Waals surface area (Å²) >= 11 is 0. The van der Waals surface area contributed by atoms with E-state index in [1.807, 2.05) is 6.92 Å². The summed E-state index contributed by atoms with van der Waals surface area (Å²) in [6, 6.07) is 0. The van der Waals surface area contributed by atoms with E-state index < -0.39 is 0 Å². The third-order valence-corrected chi connectivity index (χ3v) is 1.87. The minimum atomic E-state index is 0.601. The molecule has 0 unspecified atom stereocenters. The second-order valence-corrected chi connectivity index (χ2v) is 3.63. The molecule has 3 nitrogen and oxygen atoms in total. The molecular formula is C10H22N2O. The van der Waals surface area contributed by atoms with E-state index in [1.54, 1.807) is 7.11 Å². The summed E-state index contributed by atoms with van der Waals surface area (Å²) in [6.45, 7) is 8.85. The molecule has 0 atom stereocenters. The summed E-state index contributed by atoms with van der Waals surface area (Å²) in [5, 5.41) is 7.74. The van der Waals surface area contributed by atoms with Gasteiger partial charge >= 0.3 is 0 Å². The van der Waals surface area contributed by atoms with Gasteiger partial charge in [0.2, 0.25) is 0 Å². The van der Waals surface area contributed by atoms with Crippen LogP contribution >= 0.6 is 0 Å². The standard InChI is InChI=1S/C10H22N2O/c1-5-10(11)12(6-7-13-4)8-9(2)3/h9,11H,5-8H2,1-4H3. The van der Waals surface area contributed by atoms with Crippen LogP contribution in [-0.4, -0.2) is 37.5 Å². The Morgan fingerprint density at radius 2 is 2.08 bits per heavy atom. The number of hydrogen-bond donors (Lipinski definition) is 1. The number of ether oxygens (including phenoxy) is 1. The van der Waals surface area contributed by atoms with Crippen molar-refractivity contribution in [1.29, 1.82) is 5.41 Å². The summed E-state index contributed by atoms with van der Waals surface area (Å²) < 4.78 is 5.01. The third kappa shape index (κ3) is 5.64. The lowest BCUT2D eigenvalue weighted by molar-refractivity contribution is 0.171. The normalized spacial score (nSPS) is 10.5. The quantitative estimate of drug-likeness (QED) is 0.508. The van der Waals surface area contributed by atoms with Crippen molar-refractivity contribution in [2.45, 2.75) is 27.2 Å². The van der Waals surface area contributed by atoms with Crippen molar-refractivity contribution < 1.29 is 4.74 Å². The van der Waals surface area contributed by atoms with Crippen LogP contribution in [0.1, 0.15) is 27.2 Å². The molecule has 0 aromatic carbocycles. The molecule has 0 spiro atoms. The van der Waals surface area contributed by atoms with E-state index in [0.29, 0.717) is 18.4 Å². The summed E-state index contributed by atoms with van der Waals surface area (Å²) in [5.41, 5.74) is 0. The second-order valence-electron chi connectivity index (χ2n) is 3.63. The van der Waals surface area contributed by atoms with Gasteiger partial charge in [0.25, 0.3) is 0 Å². The molecule has 0 rings (SSSR count). The molecule has 0 fully saturated rings. The first-order chi connectivity index (χ1) is 6.11. The molecule has 0 saturated heterocycles. The Balaban J connectivity index is 3.94. The monoisotopic (exact) mass is 186 g/mol. The highest BCUT2D eigenvalue weighted by Crippen LogP contribution is 2.01. The van der Waals surface area contributed by atoms with E-state index in [-0.39, 0.29) is 0 Å². The highest BCUT2D eigenvalue weighted by atomic mass is 16.5. The van der Waals surface area contributed by atoms with Crippen LogP contribution in [0.25, 0.3) is 0 Å². The molecule has 0 aliphatic heterocycles. The maximum atomic E-state index is 7.74. The first-order valence-corrected chi connectivity index (χ1v) is 4.93. The Bertz CT molecular complexity index is 146. The van der Waals surface area contributed by atoms with E-state index >= 15 is 0 Å². The van der Waals surface area contributed by atoms with Crippen molar-refractivity contribution in [2.24, 2.45) is 5.92 Å². The Morgan fingerprint density at radius 1 is 1.46 bits per heavy atom. The summed E-state index contributed by atoms with van der Waals surface area (Å²) in [6.07, 6.45) is 0.802. The van der Waals surface area contributed by atoms with Gasteiger partial charge in [0.1, 0.15) is 0 Å². The van der Waals surface area contributed by atoms with Gasteiger partial charge in [0.05, 0.1) is 12.4 Å². The molecule has 0 aliphatic carbocycles. The number of rotatable bonds is 6. The lowest BCUT2D eigenvalue weighted by Crippen LogP contribution is -2.35. The van der Waals surface area contributed by atoms with E-state index in [0.717, 1.165) is 19.5 Å². The lowest BCUT2D eigenvalue weighted by Gasteiger charge is -2.26. The lowest BCUT2D eigenvalue weighted by atomic mass is 10.2. The Labute approximate surface area is 81.6 Å². The number of nitrogens with one attached hydrogen (secondary N) is 1. The molecule has 0 saturated carbocycles. The van der Waals surface area contributed by atoms with Crippen LogP contribution in [0.15, 0.2) is 0 Å². The van der Waals surface area contributed by atoms with Crippen molar-refractivity contribution in [1.82, 2.24) is 4.90 Å². The first kappa shape index (κ1) is 12.4. The highest BCUT2D eigenvalue weighted by Gasteiger charge is 2.08. The minimum Gasteiger partial charge on any atom is -0.383 e. The SMILES string of the molecule is CCC(=N)N(CCOC)CC(C)C. The predicted octanol–water partition coefficient (Wildman–Crippen LogP) is 1.98. The van der Waals surface area contributed by atoms with Crippen molar-refractivity contribution in [2.75, 3.05) is 26.8 Å². The predicted molar refractivity (Wildman–Crippen MR) is 56.3 cm³/mol. The van der Waals surface area contributed by atoms with Gasteiger partial charge in [-0.1, -0.05) is 20.8 Å². The van der Waals surface area contributed by atoms with Crippen LogP contribution in [0.5, 0.6) is 0 Å². The molecule has 0 radical (unpaired) electrons. The van der Waals surface area contributed by atoms with E-state index in [9.17, 15) is 0 Å². The fourth-order valence-corrected chi connectivity index (χ4v) is 1.20. The van der Waals surface area contributed by atoms with Crippen molar-refractivity contribution in [3.05, 3.63) is 0 Å². The summed E-state index contributed by atoms with van der Waals surface area (Å²) in [7, 11) is 1.70. The Hall–Kier alpha value is -0.570. The molecule has 0 amide bonds. The molecular weight excluding hydrogens is 164 g/mol. The molecule has 13 heavy (non-hydrogen) atoms. The fourth-order valence-electron chi connectivity index (χ4n) is 1.20. The van der Waals surface area contributed by atoms with Gasteiger partial charge in [-0.05, 0) is 5.92 Å².